The highest BCUT2D eigenvalue weighted by molar-refractivity contribution is 6.35. The van der Waals surface area contributed by atoms with Gasteiger partial charge in [0.25, 0.3) is 11.5 Å². The van der Waals surface area contributed by atoms with Crippen molar-refractivity contribution >= 4 is 40.0 Å². The van der Waals surface area contributed by atoms with Gasteiger partial charge in [0.15, 0.2) is 0 Å². The Bertz CT molecular complexity index is 1580. The van der Waals surface area contributed by atoms with Gasteiger partial charge >= 0.3 is 0 Å². The lowest BCUT2D eigenvalue weighted by Gasteiger charge is -2.18. The molecule has 0 saturated carbocycles. The maximum atomic E-state index is 14.0. The van der Waals surface area contributed by atoms with Crippen LogP contribution < -0.4 is 10.9 Å². The number of amides is 1. The molecule has 7 heteroatoms. The van der Waals surface area contributed by atoms with Gasteiger partial charge in [-0.3, -0.25) is 14.2 Å². The number of aromatic amines is 1. The normalized spacial score (nSPS) is 11.0. The van der Waals surface area contributed by atoms with E-state index in [0.29, 0.717) is 40.1 Å². The van der Waals surface area contributed by atoms with E-state index < -0.39 is 0 Å². The number of hydrogen-bond acceptors (Lipinski definition) is 2. The van der Waals surface area contributed by atoms with Crippen molar-refractivity contribution in [2.45, 2.75) is 6.42 Å². The van der Waals surface area contributed by atoms with Gasteiger partial charge in [-0.25, -0.2) is 0 Å². The van der Waals surface area contributed by atoms with E-state index in [0.717, 1.165) is 11.1 Å². The molecule has 0 bridgehead atoms. The first-order valence-electron chi connectivity index (χ1n) is 11.1. The summed E-state index contributed by atoms with van der Waals surface area (Å²) < 4.78 is 1.37. The second-order valence-corrected chi connectivity index (χ2v) is 8.93. The second kappa shape index (κ2) is 9.82. The Morgan fingerprint density at radius 3 is 2.34 bits per heavy atom. The summed E-state index contributed by atoms with van der Waals surface area (Å²) in [5.74, 6) is -0.379. The standard InChI is InChI=1S/C28H21Cl2N3O2/c29-20-11-12-23(22(30)17-20)33-26(27(34)32-15-13-18-7-3-1-4-8-18)25-21(14-16-31-25)24(28(33)35)19-9-5-2-6-10-19/h1-12,14,16-17,31H,13,15H2,(H,32,34). The summed E-state index contributed by atoms with van der Waals surface area (Å²) in [6.07, 6.45) is 2.39. The molecule has 0 fully saturated rings. The minimum absolute atomic E-state index is 0.187. The van der Waals surface area contributed by atoms with Crippen LogP contribution in [0.3, 0.4) is 0 Å². The van der Waals surface area contributed by atoms with Crippen LogP contribution in [0.4, 0.5) is 0 Å². The maximum Gasteiger partial charge on any atom is 0.270 e. The van der Waals surface area contributed by atoms with Crippen molar-refractivity contribution in [3.8, 4) is 16.8 Å². The highest BCUT2D eigenvalue weighted by Crippen LogP contribution is 2.31. The van der Waals surface area contributed by atoms with Crippen LogP contribution >= 0.6 is 23.2 Å². The van der Waals surface area contributed by atoms with E-state index in [1.54, 1.807) is 24.4 Å². The molecule has 0 radical (unpaired) electrons. The number of carbonyl (C=O) groups is 1. The first-order valence-corrected chi connectivity index (χ1v) is 11.9. The number of hydrogen-bond donors (Lipinski definition) is 2. The smallest absolute Gasteiger partial charge is 0.270 e. The number of halogens is 2. The number of fused-ring (bicyclic) bond motifs is 1. The molecule has 0 atom stereocenters. The molecule has 2 N–H and O–H groups in total. The lowest BCUT2D eigenvalue weighted by molar-refractivity contribution is 0.0948. The predicted molar refractivity (Wildman–Crippen MR) is 142 cm³/mol. The van der Waals surface area contributed by atoms with Crippen LogP contribution in [-0.2, 0) is 6.42 Å². The summed E-state index contributed by atoms with van der Waals surface area (Å²) in [6, 6.07) is 25.9. The van der Waals surface area contributed by atoms with Gasteiger partial charge in [-0.05, 0) is 41.8 Å². The lowest BCUT2D eigenvalue weighted by atomic mass is 10.0. The summed E-state index contributed by atoms with van der Waals surface area (Å²) in [5.41, 5.74) is 3.10. The number of aromatic nitrogens is 2. The molecule has 1 amide bonds. The largest absolute Gasteiger partial charge is 0.359 e. The molecule has 0 unspecified atom stereocenters. The Kier molecular flexibility index (Phi) is 6.45. The van der Waals surface area contributed by atoms with Gasteiger partial charge in [0, 0.05) is 23.2 Å². The van der Waals surface area contributed by atoms with E-state index in [2.05, 4.69) is 10.3 Å². The molecular weight excluding hydrogens is 481 g/mol. The fourth-order valence-corrected chi connectivity index (χ4v) is 4.75. The first-order chi connectivity index (χ1) is 17.0. The van der Waals surface area contributed by atoms with Crippen LogP contribution in [0.15, 0.2) is 95.9 Å². The topological polar surface area (TPSA) is 66.9 Å². The maximum absolute atomic E-state index is 14.0. The molecule has 174 valence electrons. The Morgan fingerprint density at radius 2 is 1.63 bits per heavy atom. The Hall–Kier alpha value is -3.80. The van der Waals surface area contributed by atoms with Crippen LogP contribution in [0.5, 0.6) is 0 Å². The van der Waals surface area contributed by atoms with E-state index in [-0.39, 0.29) is 22.2 Å². The highest BCUT2D eigenvalue weighted by atomic mass is 35.5. The fraction of sp³-hybridized carbons (Fsp3) is 0.0714. The van der Waals surface area contributed by atoms with Crippen molar-refractivity contribution in [1.82, 2.24) is 14.9 Å². The average molecular weight is 502 g/mol. The molecular formula is C28H21Cl2N3O2. The van der Waals surface area contributed by atoms with Gasteiger partial charge in [0.2, 0.25) is 0 Å². The molecule has 2 aromatic heterocycles. The number of benzene rings is 3. The predicted octanol–water partition coefficient (Wildman–Crippen LogP) is 6.27. The van der Waals surface area contributed by atoms with Crippen molar-refractivity contribution in [3.05, 3.63) is 123 Å². The molecule has 5 rings (SSSR count). The van der Waals surface area contributed by atoms with Gasteiger partial charge in [-0.1, -0.05) is 83.9 Å². The third-order valence-corrected chi connectivity index (χ3v) is 6.40. The van der Waals surface area contributed by atoms with Crippen molar-refractivity contribution in [3.63, 3.8) is 0 Å². The first kappa shape index (κ1) is 23.0. The number of carbonyl (C=O) groups excluding carboxylic acids is 1. The van der Waals surface area contributed by atoms with Gasteiger partial charge in [-0.2, -0.15) is 0 Å². The van der Waals surface area contributed by atoms with Crippen LogP contribution in [-0.4, -0.2) is 22.0 Å². The third-order valence-electron chi connectivity index (χ3n) is 5.86. The zero-order chi connectivity index (χ0) is 24.4. The zero-order valence-electron chi connectivity index (χ0n) is 18.6. The summed E-state index contributed by atoms with van der Waals surface area (Å²) in [7, 11) is 0. The quantitative estimate of drug-likeness (QED) is 0.288. The average Bonchev–Trinajstić information content (AvgIpc) is 3.34. The van der Waals surface area contributed by atoms with E-state index >= 15 is 0 Å². The molecule has 0 aliphatic rings. The molecule has 3 aromatic carbocycles. The van der Waals surface area contributed by atoms with Crippen molar-refractivity contribution in [2.24, 2.45) is 0 Å². The summed E-state index contributed by atoms with van der Waals surface area (Å²) in [6.45, 7) is 0.411. The molecule has 0 aliphatic carbocycles. The van der Waals surface area contributed by atoms with E-state index in [1.165, 1.54) is 4.57 Å². The molecule has 0 saturated heterocycles. The van der Waals surface area contributed by atoms with Gasteiger partial charge in [-0.15, -0.1) is 0 Å². The van der Waals surface area contributed by atoms with Gasteiger partial charge < -0.3 is 10.3 Å². The fourth-order valence-electron chi connectivity index (χ4n) is 4.25. The molecule has 0 aliphatic heterocycles. The molecule has 2 heterocycles. The summed E-state index contributed by atoms with van der Waals surface area (Å²) >= 11 is 12.7. The molecule has 5 aromatic rings. The third kappa shape index (κ3) is 4.48. The van der Waals surface area contributed by atoms with Crippen LogP contribution in [0.2, 0.25) is 10.0 Å². The SMILES string of the molecule is O=C(NCCc1ccccc1)c1c2[nH]ccc2c(-c2ccccc2)c(=O)n1-c1ccc(Cl)cc1Cl. The number of H-pyrrole nitrogens is 1. The Balaban J connectivity index is 1.68. The van der Waals surface area contributed by atoms with Crippen LogP contribution in [0.25, 0.3) is 27.7 Å². The lowest BCUT2D eigenvalue weighted by Crippen LogP contribution is -2.33. The van der Waals surface area contributed by atoms with Crippen molar-refractivity contribution in [2.75, 3.05) is 6.54 Å². The van der Waals surface area contributed by atoms with Crippen LogP contribution in [0, 0.1) is 0 Å². The Labute approximate surface area is 211 Å². The monoisotopic (exact) mass is 501 g/mol. The molecule has 35 heavy (non-hydrogen) atoms. The number of pyridine rings is 1. The second-order valence-electron chi connectivity index (χ2n) is 8.08. The summed E-state index contributed by atoms with van der Waals surface area (Å²) in [5, 5.41) is 4.33. The van der Waals surface area contributed by atoms with E-state index in [9.17, 15) is 9.59 Å². The minimum Gasteiger partial charge on any atom is -0.359 e. The van der Waals surface area contributed by atoms with Gasteiger partial charge in [0.1, 0.15) is 5.69 Å². The summed E-state index contributed by atoms with van der Waals surface area (Å²) in [4.78, 5) is 30.7. The number of nitrogens with one attached hydrogen (secondary N) is 2. The van der Waals surface area contributed by atoms with Gasteiger partial charge in [0.05, 0.1) is 21.8 Å². The number of nitrogens with zero attached hydrogens (tertiary/aromatic N) is 1. The van der Waals surface area contributed by atoms with Crippen molar-refractivity contribution in [1.29, 1.82) is 0 Å². The highest BCUT2D eigenvalue weighted by Gasteiger charge is 2.25. The zero-order valence-corrected chi connectivity index (χ0v) is 20.1. The number of rotatable bonds is 6. The molecule has 0 spiro atoms. The van der Waals surface area contributed by atoms with Crippen molar-refractivity contribution < 1.29 is 4.79 Å². The van der Waals surface area contributed by atoms with Crippen LogP contribution in [0.1, 0.15) is 16.1 Å². The minimum atomic E-state index is -0.379. The van der Waals surface area contributed by atoms with E-state index in [1.807, 2.05) is 66.7 Å². The molecule has 5 nitrogen and oxygen atoms in total. The van der Waals surface area contributed by atoms with E-state index in [4.69, 9.17) is 23.2 Å². The Morgan fingerprint density at radius 1 is 0.914 bits per heavy atom.